The topological polar surface area (TPSA) is 97.5 Å². The maximum Gasteiger partial charge on any atom is 0.410 e. The van der Waals surface area contributed by atoms with Crippen molar-refractivity contribution in [2.45, 2.75) is 77.5 Å². The highest BCUT2D eigenvalue weighted by Crippen LogP contribution is 2.26. The molecule has 0 saturated carbocycles. The van der Waals surface area contributed by atoms with E-state index < -0.39 is 12.2 Å². The van der Waals surface area contributed by atoms with Gasteiger partial charge in [0.25, 0.3) is 5.91 Å². The average molecular weight is 631 g/mol. The number of benzene rings is 2. The van der Waals surface area contributed by atoms with Crippen LogP contribution in [0.15, 0.2) is 36.4 Å². The van der Waals surface area contributed by atoms with Gasteiger partial charge in [-0.2, -0.15) is 0 Å². The van der Waals surface area contributed by atoms with Crippen LogP contribution in [0.25, 0.3) is 0 Å². The Balaban J connectivity index is 1.09. The first-order chi connectivity index (χ1) is 22.3. The summed E-state index contributed by atoms with van der Waals surface area (Å²) in [6, 6.07) is 12.6. The van der Waals surface area contributed by atoms with Crippen LogP contribution >= 0.6 is 0 Å². The van der Waals surface area contributed by atoms with Gasteiger partial charge in [-0.1, -0.05) is 30.3 Å². The molecule has 0 aromatic heterocycles. The molecule has 0 aliphatic carbocycles. The number of nitrogens with zero attached hydrogens (tertiary/aromatic N) is 4. The number of anilines is 1. The van der Waals surface area contributed by atoms with Gasteiger partial charge in [0.15, 0.2) is 6.10 Å². The third kappa shape index (κ3) is 7.33. The molecule has 46 heavy (non-hydrogen) atoms. The van der Waals surface area contributed by atoms with Gasteiger partial charge in [0.05, 0.1) is 0 Å². The van der Waals surface area contributed by atoms with E-state index in [0.717, 1.165) is 62.3 Å². The highest BCUT2D eigenvalue weighted by atomic mass is 16.6. The second kappa shape index (κ2) is 14.4. The molecule has 4 aliphatic heterocycles. The molecule has 2 N–H and O–H groups in total. The Kier molecular flexibility index (Phi) is 10.1. The van der Waals surface area contributed by atoms with Gasteiger partial charge in [-0.3, -0.25) is 9.69 Å². The molecule has 2 aromatic carbocycles. The molecule has 0 bridgehead atoms. The third-order valence-corrected chi connectivity index (χ3v) is 10.7. The van der Waals surface area contributed by atoms with Crippen LogP contribution in [0.3, 0.4) is 0 Å². The minimum Gasteiger partial charge on any atom is -0.436 e. The maximum absolute atomic E-state index is 14.0. The van der Waals surface area contributed by atoms with Crippen LogP contribution in [0.5, 0.6) is 0 Å². The van der Waals surface area contributed by atoms with Gasteiger partial charge in [0, 0.05) is 83.1 Å². The quantitative estimate of drug-likeness (QED) is 0.499. The number of piperazine rings is 1. The molecule has 0 spiro atoms. The summed E-state index contributed by atoms with van der Waals surface area (Å²) in [5, 5.41) is 6.49. The van der Waals surface area contributed by atoms with Crippen molar-refractivity contribution in [1.82, 2.24) is 24.9 Å². The summed E-state index contributed by atoms with van der Waals surface area (Å²) in [6.45, 7) is 13.4. The van der Waals surface area contributed by atoms with Crippen LogP contribution in [-0.2, 0) is 22.4 Å². The molecule has 248 valence electrons. The molecule has 3 fully saturated rings. The summed E-state index contributed by atoms with van der Waals surface area (Å²) in [4.78, 5) is 48.8. The van der Waals surface area contributed by atoms with E-state index in [1.54, 1.807) is 4.90 Å². The molecular formula is C36H50N6O4. The molecule has 2 aromatic rings. The Hall–Kier alpha value is -3.63. The number of nitrogens with one attached hydrogen (secondary N) is 2. The van der Waals surface area contributed by atoms with Crippen LogP contribution in [0.2, 0.25) is 0 Å². The lowest BCUT2D eigenvalue weighted by molar-refractivity contribution is -0.142. The number of hydrogen-bond donors (Lipinski definition) is 2. The Morgan fingerprint density at radius 1 is 0.848 bits per heavy atom. The first kappa shape index (κ1) is 32.3. The van der Waals surface area contributed by atoms with Crippen molar-refractivity contribution in [3.63, 3.8) is 0 Å². The van der Waals surface area contributed by atoms with Crippen LogP contribution in [-0.4, -0.2) is 115 Å². The number of ether oxygens (including phenoxy) is 1. The number of rotatable bonds is 6. The minimum absolute atomic E-state index is 0.0475. The zero-order valence-corrected chi connectivity index (χ0v) is 27.7. The Morgan fingerprint density at radius 2 is 1.48 bits per heavy atom. The second-order valence-corrected chi connectivity index (χ2v) is 13.5. The normalized spacial score (nSPS) is 20.9. The van der Waals surface area contributed by atoms with E-state index in [9.17, 15) is 14.4 Å². The number of urea groups is 1. The fraction of sp³-hybridized carbons (Fsp3) is 0.583. The molecule has 10 nitrogen and oxygen atoms in total. The summed E-state index contributed by atoms with van der Waals surface area (Å²) in [5.74, 6) is -0.0984. The van der Waals surface area contributed by atoms with Gasteiger partial charge in [-0.25, -0.2) is 9.59 Å². The van der Waals surface area contributed by atoms with Crippen molar-refractivity contribution >= 4 is 23.7 Å². The molecular weight excluding hydrogens is 580 g/mol. The van der Waals surface area contributed by atoms with E-state index >= 15 is 0 Å². The van der Waals surface area contributed by atoms with Gasteiger partial charge in [0.1, 0.15) is 0 Å². The number of carbonyl (C=O) groups is 3. The van der Waals surface area contributed by atoms with Crippen LogP contribution < -0.4 is 10.6 Å². The van der Waals surface area contributed by atoms with E-state index in [0.29, 0.717) is 58.0 Å². The number of hydrogen-bond acceptors (Lipinski definition) is 6. The zero-order valence-electron chi connectivity index (χ0n) is 27.7. The highest BCUT2D eigenvalue weighted by molar-refractivity contribution is 5.91. The Labute approximate surface area is 273 Å². The van der Waals surface area contributed by atoms with E-state index in [1.807, 2.05) is 28.0 Å². The summed E-state index contributed by atoms with van der Waals surface area (Å²) in [5.41, 5.74) is 6.61. The highest BCUT2D eigenvalue weighted by Gasteiger charge is 2.36. The number of piperidine rings is 2. The van der Waals surface area contributed by atoms with Crippen LogP contribution in [0.1, 0.15) is 53.5 Å². The lowest BCUT2D eigenvalue weighted by atomic mass is 9.96. The van der Waals surface area contributed by atoms with E-state index in [-0.39, 0.29) is 18.0 Å². The van der Waals surface area contributed by atoms with Gasteiger partial charge >= 0.3 is 12.1 Å². The Bertz CT molecular complexity index is 1390. The predicted octanol–water partition coefficient (Wildman–Crippen LogP) is 4.11. The van der Waals surface area contributed by atoms with Crippen molar-refractivity contribution in [1.29, 1.82) is 0 Å². The predicted molar refractivity (Wildman–Crippen MR) is 179 cm³/mol. The fourth-order valence-corrected chi connectivity index (χ4v) is 7.63. The van der Waals surface area contributed by atoms with E-state index in [2.05, 4.69) is 54.5 Å². The molecule has 3 saturated heterocycles. The van der Waals surface area contributed by atoms with Crippen molar-refractivity contribution in [2.24, 2.45) is 0 Å². The first-order valence-electron chi connectivity index (χ1n) is 17.2. The van der Waals surface area contributed by atoms with Gasteiger partial charge in [-0.05, 0) is 86.8 Å². The summed E-state index contributed by atoms with van der Waals surface area (Å²) < 4.78 is 6.11. The Morgan fingerprint density at radius 3 is 2.17 bits per heavy atom. The fourth-order valence-electron chi connectivity index (χ4n) is 7.63. The van der Waals surface area contributed by atoms with E-state index in [1.165, 1.54) is 16.7 Å². The first-order valence-corrected chi connectivity index (χ1v) is 17.2. The van der Waals surface area contributed by atoms with Gasteiger partial charge in [-0.15, -0.1) is 0 Å². The smallest absolute Gasteiger partial charge is 0.410 e. The van der Waals surface area contributed by atoms with Crippen LogP contribution in [0.4, 0.5) is 15.3 Å². The largest absolute Gasteiger partial charge is 0.436 e. The standard InChI is InChI=1S/C36H50N6O4/c1-25-22-28(23-26(2)27(25)3)24-33(34(43)40-15-9-30(10-16-40)39-20-13-37-14-21-39)46-36(45)41-17-11-31(12-18-41)42-19-8-29-6-4-5-7-32(29)38-35(42)44/h4-7,22-23,30-31,33,37H,8-21,24H2,1-3H3,(H,38,44)/t33-/m1/s1. The monoisotopic (exact) mass is 630 g/mol. The van der Waals surface area contributed by atoms with Gasteiger partial charge in [0.2, 0.25) is 0 Å². The van der Waals surface area contributed by atoms with Crippen molar-refractivity contribution in [2.75, 3.05) is 64.2 Å². The van der Waals surface area contributed by atoms with Crippen LogP contribution in [0, 0.1) is 20.8 Å². The zero-order chi connectivity index (χ0) is 32.2. The molecule has 4 amide bonds. The molecule has 0 radical (unpaired) electrons. The number of likely N-dealkylation sites (tertiary alicyclic amines) is 2. The number of amides is 4. The molecule has 1 atom stereocenters. The lowest BCUT2D eigenvalue weighted by Crippen LogP contribution is -2.54. The second-order valence-electron chi connectivity index (χ2n) is 13.5. The summed E-state index contributed by atoms with van der Waals surface area (Å²) >= 11 is 0. The van der Waals surface area contributed by atoms with Crippen molar-refractivity contribution in [3.8, 4) is 0 Å². The number of fused-ring (bicyclic) bond motifs is 1. The lowest BCUT2D eigenvalue weighted by Gasteiger charge is -2.41. The molecule has 10 heteroatoms. The van der Waals surface area contributed by atoms with Crippen molar-refractivity contribution in [3.05, 3.63) is 64.2 Å². The van der Waals surface area contributed by atoms with Gasteiger partial charge < -0.3 is 30.1 Å². The number of para-hydroxylation sites is 1. The minimum atomic E-state index is -0.877. The third-order valence-electron chi connectivity index (χ3n) is 10.7. The molecule has 4 heterocycles. The molecule has 4 aliphatic rings. The molecule has 6 rings (SSSR count). The summed E-state index contributed by atoms with van der Waals surface area (Å²) in [7, 11) is 0. The van der Waals surface area contributed by atoms with E-state index in [4.69, 9.17) is 4.74 Å². The average Bonchev–Trinajstić information content (AvgIpc) is 3.25. The van der Waals surface area contributed by atoms with Crippen molar-refractivity contribution < 1.29 is 19.1 Å². The maximum atomic E-state index is 14.0. The number of carbonyl (C=O) groups excluding carboxylic acids is 3. The molecule has 0 unspecified atom stereocenters. The number of aryl methyl sites for hydroxylation is 2. The summed E-state index contributed by atoms with van der Waals surface area (Å²) in [6.07, 6.45) is 3.06. The SMILES string of the molecule is Cc1cc(C[C@@H](OC(=O)N2CCC(N3CCc4ccccc4NC3=O)CC2)C(=O)N2CCC(N3CCNCC3)CC2)cc(C)c1C.